The topological polar surface area (TPSA) is 99.9 Å². The first-order valence-electron chi connectivity index (χ1n) is 11.4. The second-order valence-corrected chi connectivity index (χ2v) is 8.24. The van der Waals surface area contributed by atoms with Crippen molar-refractivity contribution in [3.05, 3.63) is 90.0 Å². The average molecular weight is 480 g/mol. The molecule has 0 fully saturated rings. The van der Waals surface area contributed by atoms with Crippen LogP contribution in [0.25, 0.3) is 33.3 Å². The summed E-state index contributed by atoms with van der Waals surface area (Å²) >= 11 is 0. The molecule has 2 heterocycles. The summed E-state index contributed by atoms with van der Waals surface area (Å²) in [5.74, 6) is 0.691. The van der Waals surface area contributed by atoms with Crippen LogP contribution in [-0.2, 0) is 16.1 Å². The minimum Gasteiger partial charge on any atom is -0.454 e. The van der Waals surface area contributed by atoms with Crippen molar-refractivity contribution >= 4 is 33.7 Å². The van der Waals surface area contributed by atoms with Gasteiger partial charge in [0.25, 0.3) is 5.91 Å². The lowest BCUT2D eigenvalue weighted by Crippen LogP contribution is -2.28. The maximum atomic E-state index is 13.0. The standard InChI is InChI=1S/C28H20N2O6/c31-25(29-14-17-11-12-23-24(13-17)35-16-34-23)15-33-28(32)20-8-4-6-18-5-3-7-19(26(18)20)27-30-21-9-1-2-10-22(21)36-27/h1-13H,14-16H2,(H,29,31). The highest BCUT2D eigenvalue weighted by Crippen LogP contribution is 2.34. The van der Waals surface area contributed by atoms with Crippen LogP contribution in [0.1, 0.15) is 15.9 Å². The summed E-state index contributed by atoms with van der Waals surface area (Å²) in [7, 11) is 0. The Morgan fingerprint density at radius 2 is 1.75 bits per heavy atom. The van der Waals surface area contributed by atoms with Gasteiger partial charge in [0.1, 0.15) is 5.52 Å². The molecule has 0 radical (unpaired) electrons. The van der Waals surface area contributed by atoms with Gasteiger partial charge in [-0.3, -0.25) is 4.79 Å². The highest BCUT2D eigenvalue weighted by molar-refractivity contribution is 6.10. The zero-order chi connectivity index (χ0) is 24.5. The van der Waals surface area contributed by atoms with E-state index in [1.54, 1.807) is 24.3 Å². The molecule has 1 aromatic heterocycles. The fourth-order valence-electron chi connectivity index (χ4n) is 4.19. The highest BCUT2D eigenvalue weighted by Gasteiger charge is 2.19. The van der Waals surface area contributed by atoms with Crippen molar-refractivity contribution < 1.29 is 28.2 Å². The molecule has 0 bridgehead atoms. The molecular weight excluding hydrogens is 460 g/mol. The molecule has 0 saturated carbocycles. The van der Waals surface area contributed by atoms with Crippen LogP contribution in [0.4, 0.5) is 0 Å². The number of carbonyl (C=O) groups is 2. The molecule has 0 aliphatic carbocycles. The SMILES string of the molecule is O=C(COC(=O)c1cccc2cccc(-c3nc4ccccc4o3)c12)NCc1ccc2c(c1)OCO2. The second kappa shape index (κ2) is 9.07. The summed E-state index contributed by atoms with van der Waals surface area (Å²) in [6.07, 6.45) is 0. The Morgan fingerprint density at radius 1 is 0.917 bits per heavy atom. The van der Waals surface area contributed by atoms with Gasteiger partial charge < -0.3 is 23.9 Å². The molecule has 0 unspecified atom stereocenters. The van der Waals surface area contributed by atoms with Crippen molar-refractivity contribution in [3.63, 3.8) is 0 Å². The van der Waals surface area contributed by atoms with Crippen LogP contribution in [0.3, 0.4) is 0 Å². The largest absolute Gasteiger partial charge is 0.454 e. The van der Waals surface area contributed by atoms with Gasteiger partial charge in [-0.1, -0.05) is 42.5 Å². The first kappa shape index (κ1) is 21.7. The molecule has 8 nitrogen and oxygen atoms in total. The summed E-state index contributed by atoms with van der Waals surface area (Å²) in [5.41, 5.74) is 3.22. The number of para-hydroxylation sites is 2. The van der Waals surface area contributed by atoms with Gasteiger partial charge in [0.15, 0.2) is 23.7 Å². The number of esters is 1. The molecule has 0 atom stereocenters. The smallest absolute Gasteiger partial charge is 0.339 e. The number of amides is 1. The number of ether oxygens (including phenoxy) is 3. The Labute approximate surface area is 205 Å². The van der Waals surface area contributed by atoms with E-state index in [4.69, 9.17) is 18.6 Å². The van der Waals surface area contributed by atoms with Gasteiger partial charge in [0.2, 0.25) is 12.7 Å². The van der Waals surface area contributed by atoms with Crippen molar-refractivity contribution in [1.82, 2.24) is 10.3 Å². The Hall–Kier alpha value is -4.85. The first-order valence-corrected chi connectivity index (χ1v) is 11.4. The molecule has 1 N–H and O–H groups in total. The average Bonchev–Trinajstić information content (AvgIpc) is 3.56. The van der Waals surface area contributed by atoms with Gasteiger partial charge in [-0.05, 0) is 47.3 Å². The maximum Gasteiger partial charge on any atom is 0.339 e. The maximum absolute atomic E-state index is 13.0. The molecule has 1 aliphatic rings. The summed E-state index contributed by atoms with van der Waals surface area (Å²) in [5, 5.41) is 4.23. The van der Waals surface area contributed by atoms with Crippen molar-refractivity contribution in [1.29, 1.82) is 0 Å². The quantitative estimate of drug-likeness (QED) is 0.347. The fourth-order valence-corrected chi connectivity index (χ4v) is 4.19. The summed E-state index contributed by atoms with van der Waals surface area (Å²) < 4.78 is 22.0. The van der Waals surface area contributed by atoms with Crippen LogP contribution in [0.5, 0.6) is 11.5 Å². The third-order valence-corrected chi connectivity index (χ3v) is 5.91. The number of nitrogens with zero attached hydrogens (tertiary/aromatic N) is 1. The van der Waals surface area contributed by atoms with E-state index in [2.05, 4.69) is 10.3 Å². The zero-order valence-electron chi connectivity index (χ0n) is 19.0. The number of rotatable bonds is 6. The normalized spacial score (nSPS) is 12.1. The van der Waals surface area contributed by atoms with E-state index in [0.717, 1.165) is 16.5 Å². The van der Waals surface area contributed by atoms with E-state index in [-0.39, 0.29) is 13.3 Å². The monoisotopic (exact) mass is 480 g/mol. The van der Waals surface area contributed by atoms with E-state index in [1.807, 2.05) is 54.6 Å². The number of hydrogen-bond donors (Lipinski definition) is 1. The van der Waals surface area contributed by atoms with Gasteiger partial charge in [0, 0.05) is 17.5 Å². The molecular formula is C28H20N2O6. The number of aromatic nitrogens is 1. The fraction of sp³-hybridized carbons (Fsp3) is 0.107. The van der Waals surface area contributed by atoms with Crippen molar-refractivity contribution in [2.24, 2.45) is 0 Å². The lowest BCUT2D eigenvalue weighted by Gasteiger charge is -2.10. The van der Waals surface area contributed by atoms with E-state index in [1.165, 1.54) is 0 Å². The third kappa shape index (κ3) is 4.09. The lowest BCUT2D eigenvalue weighted by atomic mass is 9.99. The van der Waals surface area contributed by atoms with E-state index >= 15 is 0 Å². The van der Waals surface area contributed by atoms with Gasteiger partial charge in [-0.2, -0.15) is 0 Å². The number of oxazole rings is 1. The predicted molar refractivity (Wildman–Crippen MR) is 132 cm³/mol. The summed E-state index contributed by atoms with van der Waals surface area (Å²) in [6, 6.07) is 23.9. The van der Waals surface area contributed by atoms with Crippen LogP contribution in [-0.4, -0.2) is 30.3 Å². The van der Waals surface area contributed by atoms with E-state index < -0.39 is 18.5 Å². The second-order valence-electron chi connectivity index (χ2n) is 8.24. The summed E-state index contributed by atoms with van der Waals surface area (Å²) in [6.45, 7) is 0.0391. The lowest BCUT2D eigenvalue weighted by molar-refractivity contribution is -0.124. The molecule has 5 aromatic rings. The molecule has 0 spiro atoms. The van der Waals surface area contributed by atoms with Gasteiger partial charge >= 0.3 is 5.97 Å². The number of carbonyl (C=O) groups excluding carboxylic acids is 2. The number of benzene rings is 4. The molecule has 4 aromatic carbocycles. The number of hydrogen-bond acceptors (Lipinski definition) is 7. The minimum absolute atomic E-state index is 0.184. The van der Waals surface area contributed by atoms with Crippen molar-refractivity contribution in [2.75, 3.05) is 13.4 Å². The zero-order valence-corrected chi connectivity index (χ0v) is 19.0. The first-order chi connectivity index (χ1) is 17.7. The van der Waals surface area contributed by atoms with Gasteiger partial charge in [-0.25, -0.2) is 9.78 Å². The van der Waals surface area contributed by atoms with E-state index in [0.29, 0.717) is 39.5 Å². The van der Waals surface area contributed by atoms with Crippen LogP contribution in [0.15, 0.2) is 83.3 Å². The molecule has 178 valence electrons. The Kier molecular flexibility index (Phi) is 5.46. The molecule has 1 aliphatic heterocycles. The van der Waals surface area contributed by atoms with Crippen molar-refractivity contribution in [2.45, 2.75) is 6.54 Å². The molecule has 1 amide bonds. The van der Waals surface area contributed by atoms with Crippen LogP contribution in [0, 0.1) is 0 Å². The van der Waals surface area contributed by atoms with Crippen molar-refractivity contribution in [3.8, 4) is 23.0 Å². The Bertz CT molecular complexity index is 1590. The predicted octanol–water partition coefficient (Wildman–Crippen LogP) is 4.85. The van der Waals surface area contributed by atoms with E-state index in [9.17, 15) is 9.59 Å². The minimum atomic E-state index is -0.609. The van der Waals surface area contributed by atoms with Gasteiger partial charge in [-0.15, -0.1) is 0 Å². The number of fused-ring (bicyclic) bond motifs is 3. The van der Waals surface area contributed by atoms with Gasteiger partial charge in [0.05, 0.1) is 5.56 Å². The molecule has 8 heteroatoms. The summed E-state index contributed by atoms with van der Waals surface area (Å²) in [4.78, 5) is 30.0. The Morgan fingerprint density at radius 3 is 2.64 bits per heavy atom. The third-order valence-electron chi connectivity index (χ3n) is 5.91. The highest BCUT2D eigenvalue weighted by atomic mass is 16.7. The molecule has 36 heavy (non-hydrogen) atoms. The number of nitrogens with one attached hydrogen (secondary N) is 1. The molecule has 6 rings (SSSR count). The Balaban J connectivity index is 1.19. The van der Waals surface area contributed by atoms with Crippen LogP contribution < -0.4 is 14.8 Å². The van der Waals surface area contributed by atoms with Crippen LogP contribution in [0.2, 0.25) is 0 Å². The van der Waals surface area contributed by atoms with Crippen LogP contribution >= 0.6 is 0 Å². The molecule has 0 saturated heterocycles.